The molecule has 0 aliphatic carbocycles. The summed E-state index contributed by atoms with van der Waals surface area (Å²) in [5.41, 5.74) is 7.78. The van der Waals surface area contributed by atoms with Crippen molar-refractivity contribution in [3.05, 3.63) is 41.5 Å². The molecule has 0 spiro atoms. The van der Waals surface area contributed by atoms with Gasteiger partial charge in [-0.2, -0.15) is 0 Å². The molecule has 3 aromatic heterocycles. The van der Waals surface area contributed by atoms with Gasteiger partial charge in [0.1, 0.15) is 5.82 Å². The van der Waals surface area contributed by atoms with Crippen molar-refractivity contribution >= 4 is 39.1 Å². The van der Waals surface area contributed by atoms with Gasteiger partial charge >= 0.3 is 0 Å². The number of fused-ring (bicyclic) bond motifs is 1. The van der Waals surface area contributed by atoms with E-state index in [1.807, 2.05) is 31.5 Å². The molecule has 3 rings (SSSR count). The van der Waals surface area contributed by atoms with Crippen LogP contribution in [0.2, 0.25) is 0 Å². The quantitative estimate of drug-likeness (QED) is 0.773. The van der Waals surface area contributed by atoms with Crippen molar-refractivity contribution in [1.82, 2.24) is 9.97 Å². The zero-order valence-corrected chi connectivity index (χ0v) is 11.4. The Bertz CT molecular complexity index is 706. The van der Waals surface area contributed by atoms with Gasteiger partial charge in [-0.3, -0.25) is 4.98 Å². The number of anilines is 1. The Morgan fingerprint density at radius 2 is 2.17 bits per heavy atom. The third kappa shape index (κ3) is 2.07. The van der Waals surface area contributed by atoms with Crippen LogP contribution in [0.4, 0.5) is 5.82 Å². The fraction of sp³-hybridized carbons (Fsp3) is 0.0769. The number of pyridine rings is 2. The highest BCUT2D eigenvalue weighted by molar-refractivity contribution is 7.99. The van der Waals surface area contributed by atoms with E-state index in [9.17, 15) is 0 Å². The molecule has 2 N–H and O–H groups in total. The fourth-order valence-corrected chi connectivity index (χ4v) is 3.62. The lowest BCUT2D eigenvalue weighted by molar-refractivity contribution is 1.20. The number of nitrogens with zero attached hydrogens (tertiary/aromatic N) is 2. The van der Waals surface area contributed by atoms with Crippen LogP contribution < -0.4 is 5.73 Å². The minimum atomic E-state index is 0.593. The summed E-state index contributed by atoms with van der Waals surface area (Å²) in [4.78, 5) is 10.8. The summed E-state index contributed by atoms with van der Waals surface area (Å²) in [5.74, 6) is 0.593. The van der Waals surface area contributed by atoms with Gasteiger partial charge in [-0.1, -0.05) is 11.8 Å². The average molecular weight is 273 g/mol. The lowest BCUT2D eigenvalue weighted by Crippen LogP contribution is -1.93. The molecule has 0 saturated carbocycles. The summed E-state index contributed by atoms with van der Waals surface area (Å²) in [6.07, 6.45) is 3.65. The summed E-state index contributed by atoms with van der Waals surface area (Å²) in [6, 6.07) is 6.14. The molecule has 90 valence electrons. The van der Waals surface area contributed by atoms with Crippen molar-refractivity contribution in [3.63, 3.8) is 0 Å². The van der Waals surface area contributed by atoms with Crippen LogP contribution in [0.1, 0.15) is 5.56 Å². The van der Waals surface area contributed by atoms with Crippen LogP contribution in [0.25, 0.3) is 10.2 Å². The van der Waals surface area contributed by atoms with Crippen molar-refractivity contribution in [2.45, 2.75) is 16.7 Å². The van der Waals surface area contributed by atoms with Crippen LogP contribution in [0.5, 0.6) is 0 Å². The summed E-state index contributed by atoms with van der Waals surface area (Å²) < 4.78 is 1.22. The van der Waals surface area contributed by atoms with E-state index < -0.39 is 0 Å². The summed E-state index contributed by atoms with van der Waals surface area (Å²) in [6.45, 7) is 1.97. The molecule has 5 heteroatoms. The van der Waals surface area contributed by atoms with Crippen LogP contribution in [-0.2, 0) is 0 Å². The molecule has 0 radical (unpaired) electrons. The molecule has 3 aromatic rings. The molecule has 0 aromatic carbocycles. The molecular formula is C13H11N3S2. The lowest BCUT2D eigenvalue weighted by Gasteiger charge is -2.05. The van der Waals surface area contributed by atoms with Crippen molar-refractivity contribution in [2.75, 3.05) is 5.73 Å². The minimum absolute atomic E-state index is 0.593. The van der Waals surface area contributed by atoms with E-state index in [1.165, 1.54) is 9.60 Å². The molecule has 0 saturated heterocycles. The van der Waals surface area contributed by atoms with E-state index in [-0.39, 0.29) is 0 Å². The smallest absolute Gasteiger partial charge is 0.126 e. The number of aromatic nitrogens is 2. The zero-order valence-electron chi connectivity index (χ0n) is 9.75. The highest BCUT2D eigenvalue weighted by atomic mass is 32.2. The second kappa shape index (κ2) is 4.59. The zero-order chi connectivity index (χ0) is 12.5. The van der Waals surface area contributed by atoms with Crippen LogP contribution >= 0.6 is 23.1 Å². The van der Waals surface area contributed by atoms with Crippen LogP contribution in [0, 0.1) is 6.92 Å². The van der Waals surface area contributed by atoms with E-state index in [0.29, 0.717) is 5.82 Å². The molecule has 3 nitrogen and oxygen atoms in total. The van der Waals surface area contributed by atoms with Crippen molar-refractivity contribution in [3.8, 4) is 0 Å². The fourth-order valence-electron chi connectivity index (χ4n) is 1.67. The second-order valence-corrected chi connectivity index (χ2v) is 5.95. The summed E-state index contributed by atoms with van der Waals surface area (Å²) in [7, 11) is 0. The van der Waals surface area contributed by atoms with Gasteiger partial charge in [0.25, 0.3) is 0 Å². The maximum atomic E-state index is 5.73. The molecule has 0 aliphatic rings. The Balaban J connectivity index is 2.01. The molecule has 0 unspecified atom stereocenters. The van der Waals surface area contributed by atoms with Crippen LogP contribution in [0.15, 0.2) is 45.8 Å². The third-order valence-electron chi connectivity index (χ3n) is 2.63. The number of nitrogens with two attached hydrogens (primary N) is 1. The normalized spacial score (nSPS) is 10.9. The average Bonchev–Trinajstić information content (AvgIpc) is 2.83. The summed E-state index contributed by atoms with van der Waals surface area (Å²) in [5, 5.41) is 2.06. The topological polar surface area (TPSA) is 51.8 Å². The minimum Gasteiger partial charge on any atom is -0.383 e. The van der Waals surface area contributed by atoms with Gasteiger partial charge in [0, 0.05) is 22.2 Å². The highest BCUT2D eigenvalue weighted by Crippen LogP contribution is 2.35. The molecule has 0 bridgehead atoms. The Hall–Kier alpha value is -1.59. The van der Waals surface area contributed by atoms with E-state index in [2.05, 4.69) is 21.4 Å². The van der Waals surface area contributed by atoms with Gasteiger partial charge in [-0.15, -0.1) is 11.3 Å². The Kier molecular flexibility index (Phi) is 2.93. The van der Waals surface area contributed by atoms with E-state index in [4.69, 9.17) is 5.73 Å². The second-order valence-electron chi connectivity index (χ2n) is 3.92. The van der Waals surface area contributed by atoms with E-state index >= 15 is 0 Å². The van der Waals surface area contributed by atoms with Gasteiger partial charge in [0.2, 0.25) is 0 Å². The predicted octanol–water partition coefficient (Wildman–Crippen LogP) is 3.73. The Morgan fingerprint density at radius 3 is 3.00 bits per heavy atom. The molecule has 18 heavy (non-hydrogen) atoms. The maximum absolute atomic E-state index is 5.73. The van der Waals surface area contributed by atoms with Crippen LogP contribution in [0.3, 0.4) is 0 Å². The number of rotatable bonds is 2. The van der Waals surface area contributed by atoms with Gasteiger partial charge in [-0.05, 0) is 36.1 Å². The monoisotopic (exact) mass is 273 g/mol. The first-order valence-corrected chi connectivity index (χ1v) is 7.16. The number of nitrogen functional groups attached to an aromatic ring is 1. The van der Waals surface area contributed by atoms with Crippen molar-refractivity contribution < 1.29 is 0 Å². The SMILES string of the molecule is Cc1cc(Sc2ccnc3ccsc23)cnc1N. The van der Waals surface area contributed by atoms with Gasteiger partial charge in [0.15, 0.2) is 0 Å². The number of aryl methyl sites for hydroxylation is 1. The van der Waals surface area contributed by atoms with Crippen molar-refractivity contribution in [2.24, 2.45) is 0 Å². The van der Waals surface area contributed by atoms with Crippen LogP contribution in [-0.4, -0.2) is 9.97 Å². The molecule has 0 aliphatic heterocycles. The number of hydrogen-bond donors (Lipinski definition) is 1. The lowest BCUT2D eigenvalue weighted by atomic mass is 10.3. The van der Waals surface area contributed by atoms with Gasteiger partial charge in [0.05, 0.1) is 10.2 Å². The first-order valence-electron chi connectivity index (χ1n) is 5.46. The standard InChI is InChI=1S/C13H11N3S2/c1-8-6-9(7-16-13(8)14)18-11-2-4-15-10-3-5-17-12(10)11/h2-7H,1H3,(H2,14,16). The largest absolute Gasteiger partial charge is 0.383 e. The van der Waals surface area contributed by atoms with Gasteiger partial charge < -0.3 is 5.73 Å². The molecule has 0 fully saturated rings. The Morgan fingerprint density at radius 1 is 1.28 bits per heavy atom. The maximum Gasteiger partial charge on any atom is 0.126 e. The predicted molar refractivity (Wildman–Crippen MR) is 77.1 cm³/mol. The van der Waals surface area contributed by atoms with E-state index in [0.717, 1.165) is 16.0 Å². The van der Waals surface area contributed by atoms with Crippen molar-refractivity contribution in [1.29, 1.82) is 0 Å². The molecular weight excluding hydrogens is 262 g/mol. The Labute approximate surface area is 113 Å². The summed E-state index contributed by atoms with van der Waals surface area (Å²) >= 11 is 3.41. The highest BCUT2D eigenvalue weighted by Gasteiger charge is 2.06. The first-order chi connectivity index (χ1) is 8.74. The number of thiophene rings is 1. The molecule has 0 amide bonds. The van der Waals surface area contributed by atoms with E-state index in [1.54, 1.807) is 23.1 Å². The molecule has 3 heterocycles. The first kappa shape index (κ1) is 11.5. The number of hydrogen-bond acceptors (Lipinski definition) is 5. The molecule has 0 atom stereocenters. The third-order valence-corrected chi connectivity index (χ3v) is 4.71. The van der Waals surface area contributed by atoms with Gasteiger partial charge in [-0.25, -0.2) is 4.98 Å².